The third-order valence-corrected chi connectivity index (χ3v) is 6.09. The molecule has 3 aromatic rings. The van der Waals surface area contributed by atoms with Crippen molar-refractivity contribution in [2.75, 3.05) is 0 Å². The van der Waals surface area contributed by atoms with Gasteiger partial charge in [-0.05, 0) is 95.9 Å². The van der Waals surface area contributed by atoms with Crippen molar-refractivity contribution in [1.29, 1.82) is 0 Å². The normalized spacial score (nSPS) is 12.3. The Bertz CT molecular complexity index is 1180. The number of aliphatic imine (C=N–C) groups is 1. The van der Waals surface area contributed by atoms with Gasteiger partial charge in [0.15, 0.2) is 11.6 Å². The zero-order valence-electron chi connectivity index (χ0n) is 18.1. The maximum absolute atomic E-state index is 14.0. The molecule has 4 heteroatoms. The summed E-state index contributed by atoms with van der Waals surface area (Å²) in [7, 11) is 0. The summed E-state index contributed by atoms with van der Waals surface area (Å²) in [5, 5.41) is 2.01. The number of benzene rings is 3. The van der Waals surface area contributed by atoms with Gasteiger partial charge in [-0.1, -0.05) is 61.4 Å². The van der Waals surface area contributed by atoms with Gasteiger partial charge in [-0.15, -0.1) is 0 Å². The van der Waals surface area contributed by atoms with Gasteiger partial charge in [-0.3, -0.25) is 0 Å². The van der Waals surface area contributed by atoms with Crippen LogP contribution in [0.2, 0.25) is 0 Å². The SMILES string of the molecule is CCCCC1=Cc2cc(-c3ccc(CCc4cc(F)c(N=C=S)c(F)c4)cc3)ccc2C1. The van der Waals surface area contributed by atoms with Crippen LogP contribution in [0.4, 0.5) is 14.5 Å². The molecule has 0 radical (unpaired) electrons. The fraction of sp³-hybridized carbons (Fsp3) is 0.250. The Labute approximate surface area is 193 Å². The van der Waals surface area contributed by atoms with Gasteiger partial charge in [-0.25, -0.2) is 8.78 Å². The number of halogens is 2. The van der Waals surface area contributed by atoms with Crippen molar-refractivity contribution in [3.05, 3.63) is 94.1 Å². The summed E-state index contributed by atoms with van der Waals surface area (Å²) in [6.45, 7) is 2.23. The highest BCUT2D eigenvalue weighted by molar-refractivity contribution is 7.78. The first kappa shape index (κ1) is 22.3. The number of fused-ring (bicyclic) bond motifs is 1. The van der Waals surface area contributed by atoms with Crippen LogP contribution in [-0.2, 0) is 19.3 Å². The molecule has 0 fully saturated rings. The lowest BCUT2D eigenvalue weighted by Gasteiger charge is -2.08. The van der Waals surface area contributed by atoms with Gasteiger partial charge in [0, 0.05) is 0 Å². The molecule has 1 aliphatic carbocycles. The molecule has 0 aromatic heterocycles. The van der Waals surface area contributed by atoms with Crippen LogP contribution >= 0.6 is 12.2 Å². The van der Waals surface area contributed by atoms with Gasteiger partial charge >= 0.3 is 0 Å². The average molecular weight is 446 g/mol. The molecule has 32 heavy (non-hydrogen) atoms. The maximum atomic E-state index is 14.0. The molecule has 0 heterocycles. The number of thiocarbonyl (C=S) groups is 1. The van der Waals surface area contributed by atoms with Gasteiger partial charge in [0.05, 0.1) is 5.16 Å². The fourth-order valence-corrected chi connectivity index (χ4v) is 4.31. The lowest BCUT2D eigenvalue weighted by molar-refractivity contribution is 0.584. The minimum absolute atomic E-state index is 0.380. The molecule has 0 unspecified atom stereocenters. The highest BCUT2D eigenvalue weighted by Gasteiger charge is 2.13. The van der Waals surface area contributed by atoms with E-state index in [0.29, 0.717) is 18.4 Å². The largest absolute Gasteiger partial charge is 0.204 e. The Kier molecular flexibility index (Phi) is 7.04. The first-order valence-electron chi connectivity index (χ1n) is 11.0. The number of nitrogens with zero attached hydrogens (tertiary/aromatic N) is 1. The molecule has 1 nitrogen and oxygen atoms in total. The molecule has 3 aromatic carbocycles. The second-order valence-electron chi connectivity index (χ2n) is 8.30. The quantitative estimate of drug-likeness (QED) is 0.251. The lowest BCUT2D eigenvalue weighted by Crippen LogP contribution is -1.95. The monoisotopic (exact) mass is 445 g/mol. The van der Waals surface area contributed by atoms with E-state index in [1.165, 1.54) is 59.2 Å². The van der Waals surface area contributed by atoms with E-state index < -0.39 is 11.6 Å². The number of isothiocyanates is 1. The predicted octanol–water partition coefficient (Wildman–Crippen LogP) is 8.28. The maximum Gasteiger partial charge on any atom is 0.152 e. The minimum Gasteiger partial charge on any atom is -0.204 e. The summed E-state index contributed by atoms with van der Waals surface area (Å²) in [5.41, 5.74) is 8.00. The van der Waals surface area contributed by atoms with E-state index in [4.69, 9.17) is 0 Å². The van der Waals surface area contributed by atoms with E-state index in [2.05, 4.69) is 72.7 Å². The molecule has 0 saturated heterocycles. The summed E-state index contributed by atoms with van der Waals surface area (Å²) in [6.07, 6.45) is 8.33. The highest BCUT2D eigenvalue weighted by Crippen LogP contribution is 2.32. The summed E-state index contributed by atoms with van der Waals surface area (Å²) in [5.74, 6) is -1.42. The van der Waals surface area contributed by atoms with Crippen LogP contribution in [0.15, 0.2) is 65.2 Å². The Hall–Kier alpha value is -2.94. The molecule has 0 bridgehead atoms. The number of aryl methyl sites for hydroxylation is 2. The third-order valence-electron chi connectivity index (χ3n) is 6.00. The lowest BCUT2D eigenvalue weighted by atomic mass is 9.98. The average Bonchev–Trinajstić information content (AvgIpc) is 3.21. The zero-order valence-corrected chi connectivity index (χ0v) is 18.9. The third kappa shape index (κ3) is 5.09. The van der Waals surface area contributed by atoms with Crippen LogP contribution in [0.3, 0.4) is 0 Å². The van der Waals surface area contributed by atoms with Crippen molar-refractivity contribution in [1.82, 2.24) is 0 Å². The van der Waals surface area contributed by atoms with Gasteiger partial charge in [0.25, 0.3) is 0 Å². The van der Waals surface area contributed by atoms with E-state index in [-0.39, 0.29) is 5.69 Å². The second-order valence-corrected chi connectivity index (χ2v) is 8.49. The van der Waals surface area contributed by atoms with E-state index in [1.54, 1.807) is 0 Å². The number of hydrogen-bond acceptors (Lipinski definition) is 2. The minimum atomic E-state index is -0.712. The second kappa shape index (κ2) is 10.1. The molecule has 0 saturated carbocycles. The predicted molar refractivity (Wildman–Crippen MR) is 132 cm³/mol. The molecular weight excluding hydrogens is 420 g/mol. The molecule has 4 rings (SSSR count). The molecule has 0 amide bonds. The Balaban J connectivity index is 1.43. The van der Waals surface area contributed by atoms with Gasteiger partial charge < -0.3 is 0 Å². The topological polar surface area (TPSA) is 12.4 Å². The molecule has 0 N–H and O–H groups in total. The zero-order chi connectivity index (χ0) is 22.5. The van der Waals surface area contributed by atoms with Crippen molar-refractivity contribution in [3.63, 3.8) is 0 Å². The van der Waals surface area contributed by atoms with Gasteiger partial charge in [0.2, 0.25) is 0 Å². The van der Waals surface area contributed by atoms with Crippen molar-refractivity contribution in [2.45, 2.75) is 45.4 Å². The Morgan fingerprint density at radius 2 is 1.56 bits per heavy atom. The van der Waals surface area contributed by atoms with Crippen LogP contribution < -0.4 is 0 Å². The fourth-order valence-electron chi connectivity index (χ4n) is 4.22. The van der Waals surface area contributed by atoms with Crippen LogP contribution in [0.25, 0.3) is 17.2 Å². The van der Waals surface area contributed by atoms with Crippen LogP contribution in [-0.4, -0.2) is 5.16 Å². The molecule has 0 aliphatic heterocycles. The number of unbranched alkanes of at least 4 members (excludes halogenated alkanes) is 1. The van der Waals surface area contributed by atoms with E-state index >= 15 is 0 Å². The first-order valence-corrected chi connectivity index (χ1v) is 11.5. The number of rotatable bonds is 8. The van der Waals surface area contributed by atoms with E-state index in [1.807, 2.05) is 5.16 Å². The number of allylic oxidation sites excluding steroid dienone is 1. The van der Waals surface area contributed by atoms with Crippen molar-refractivity contribution in [2.24, 2.45) is 4.99 Å². The standard InChI is InChI=1S/C28H25F2NS/c1-2-3-4-20-13-23-11-12-24(17-25(23)14-20)22-9-7-19(8-10-22)5-6-21-15-26(29)28(31-18-32)27(30)16-21/h7-12,14-17H,2-6,13H2,1H3. The molecule has 162 valence electrons. The van der Waals surface area contributed by atoms with Crippen molar-refractivity contribution < 1.29 is 8.78 Å². The van der Waals surface area contributed by atoms with Crippen LogP contribution in [0, 0.1) is 11.6 Å². The molecule has 0 spiro atoms. The Morgan fingerprint density at radius 3 is 2.25 bits per heavy atom. The Morgan fingerprint density at radius 1 is 0.875 bits per heavy atom. The first-order chi connectivity index (χ1) is 15.6. The van der Waals surface area contributed by atoms with Crippen molar-refractivity contribution in [3.8, 4) is 11.1 Å². The summed E-state index contributed by atoms with van der Waals surface area (Å²) >= 11 is 4.44. The number of hydrogen-bond donors (Lipinski definition) is 0. The summed E-state index contributed by atoms with van der Waals surface area (Å²) < 4.78 is 28.0. The summed E-state index contributed by atoms with van der Waals surface area (Å²) in [4.78, 5) is 3.45. The van der Waals surface area contributed by atoms with E-state index in [9.17, 15) is 8.78 Å². The van der Waals surface area contributed by atoms with Crippen molar-refractivity contribution >= 4 is 29.1 Å². The smallest absolute Gasteiger partial charge is 0.152 e. The van der Waals surface area contributed by atoms with Crippen LogP contribution in [0.5, 0.6) is 0 Å². The molecule has 1 aliphatic rings. The highest BCUT2D eigenvalue weighted by atomic mass is 32.1. The van der Waals surface area contributed by atoms with E-state index in [0.717, 1.165) is 12.0 Å². The molecule has 0 atom stereocenters. The molecular formula is C28H25F2NS. The van der Waals surface area contributed by atoms with Crippen LogP contribution in [0.1, 0.15) is 48.4 Å². The van der Waals surface area contributed by atoms with Gasteiger partial charge in [-0.2, -0.15) is 4.99 Å². The summed E-state index contributed by atoms with van der Waals surface area (Å²) in [6, 6.07) is 17.8. The van der Waals surface area contributed by atoms with Gasteiger partial charge in [0.1, 0.15) is 5.69 Å².